The molecule has 3 aromatic rings. The molecule has 192 valence electrons. The molecule has 0 bridgehead atoms. The number of rotatable bonds is 10. The fraction of sp³-hybridized carbons (Fsp3) is 0.240. The minimum Gasteiger partial charge on any atom is -0.354 e. The third-order valence-electron chi connectivity index (χ3n) is 5.14. The molecule has 0 fully saturated rings. The molecule has 36 heavy (non-hydrogen) atoms. The first kappa shape index (κ1) is 27.9. The second-order valence-corrected chi connectivity index (χ2v) is 11.2. The molecule has 0 saturated heterocycles. The molecule has 0 aliphatic carbocycles. The first-order valence-electron chi connectivity index (χ1n) is 10.8. The monoisotopic (exact) mass is 556 g/mol. The molecule has 0 radical (unpaired) electrons. The molecule has 1 N–H and O–H groups in total. The van der Waals surface area contributed by atoms with Crippen molar-refractivity contribution in [3.8, 4) is 0 Å². The lowest BCUT2D eigenvalue weighted by Crippen LogP contribution is -2.41. The Bertz CT molecular complexity index is 1300. The Morgan fingerprint density at radius 2 is 1.72 bits per heavy atom. The zero-order chi connectivity index (χ0) is 26.3. The van der Waals surface area contributed by atoms with Gasteiger partial charge in [0.1, 0.15) is 6.54 Å². The molecule has 0 spiro atoms. The largest absolute Gasteiger partial charge is 0.416 e. The summed E-state index contributed by atoms with van der Waals surface area (Å²) in [5.41, 5.74) is 0.496. The topological polar surface area (TPSA) is 66.5 Å². The smallest absolute Gasteiger partial charge is 0.354 e. The molecular formula is C25H24ClF3N2O3S2. The molecule has 3 aromatic carbocycles. The predicted molar refractivity (Wildman–Crippen MR) is 138 cm³/mol. The van der Waals surface area contributed by atoms with Crippen molar-refractivity contribution in [1.82, 2.24) is 5.32 Å². The summed E-state index contributed by atoms with van der Waals surface area (Å²) >= 11 is 7.66. The lowest BCUT2D eigenvalue weighted by Gasteiger charge is -2.25. The van der Waals surface area contributed by atoms with Gasteiger partial charge in [0.25, 0.3) is 10.0 Å². The van der Waals surface area contributed by atoms with Crippen molar-refractivity contribution in [1.29, 1.82) is 0 Å². The van der Waals surface area contributed by atoms with Crippen LogP contribution in [0.3, 0.4) is 0 Å². The fourth-order valence-corrected chi connectivity index (χ4v) is 5.79. The van der Waals surface area contributed by atoms with Gasteiger partial charge in [0.2, 0.25) is 5.91 Å². The molecule has 3 rings (SSSR count). The average molecular weight is 557 g/mol. The van der Waals surface area contributed by atoms with Crippen molar-refractivity contribution in [2.24, 2.45) is 0 Å². The van der Waals surface area contributed by atoms with Crippen molar-refractivity contribution >= 4 is 45.0 Å². The average Bonchev–Trinajstić information content (AvgIpc) is 2.83. The van der Waals surface area contributed by atoms with Crippen molar-refractivity contribution in [3.63, 3.8) is 0 Å². The lowest BCUT2D eigenvalue weighted by molar-refractivity contribution is -0.137. The van der Waals surface area contributed by atoms with Crippen LogP contribution in [0.15, 0.2) is 77.7 Å². The van der Waals surface area contributed by atoms with Crippen molar-refractivity contribution in [2.45, 2.75) is 23.7 Å². The summed E-state index contributed by atoms with van der Waals surface area (Å²) in [5, 5.41) is 3.29. The number of alkyl halides is 3. The molecule has 1 amide bonds. The Hall–Kier alpha value is -2.69. The van der Waals surface area contributed by atoms with Gasteiger partial charge in [0, 0.05) is 23.1 Å². The molecule has 0 aromatic heterocycles. The molecule has 11 heteroatoms. The summed E-state index contributed by atoms with van der Waals surface area (Å²) in [6, 6.07) is 17.2. The number of hydrogen-bond acceptors (Lipinski definition) is 4. The van der Waals surface area contributed by atoms with E-state index in [4.69, 9.17) is 11.6 Å². The van der Waals surface area contributed by atoms with Crippen LogP contribution in [0.4, 0.5) is 18.9 Å². The van der Waals surface area contributed by atoms with Crippen LogP contribution in [-0.4, -0.2) is 33.2 Å². The Balaban J connectivity index is 1.73. The second kappa shape index (κ2) is 12.0. The van der Waals surface area contributed by atoms with Crippen molar-refractivity contribution in [2.75, 3.05) is 23.1 Å². The Morgan fingerprint density at radius 1 is 1.03 bits per heavy atom. The van der Waals surface area contributed by atoms with Crippen LogP contribution in [-0.2, 0) is 26.7 Å². The van der Waals surface area contributed by atoms with Crippen molar-refractivity contribution in [3.05, 3.63) is 94.5 Å². The number of benzene rings is 3. The normalized spacial score (nSPS) is 11.8. The predicted octanol–water partition coefficient (Wildman–Crippen LogP) is 5.91. The number of halogens is 4. The molecule has 0 heterocycles. The first-order valence-corrected chi connectivity index (χ1v) is 13.8. The van der Waals surface area contributed by atoms with E-state index in [1.54, 1.807) is 25.1 Å². The quantitative estimate of drug-likeness (QED) is 0.315. The summed E-state index contributed by atoms with van der Waals surface area (Å²) in [7, 11) is -4.32. The number of hydrogen-bond donors (Lipinski definition) is 1. The highest BCUT2D eigenvalue weighted by Gasteiger charge is 2.33. The maximum absolute atomic E-state index is 13.4. The van der Waals surface area contributed by atoms with Gasteiger partial charge in [-0.2, -0.15) is 24.9 Å². The minimum atomic E-state index is -4.67. The van der Waals surface area contributed by atoms with Crippen LogP contribution in [0.25, 0.3) is 0 Å². The molecular weight excluding hydrogens is 533 g/mol. The zero-order valence-electron chi connectivity index (χ0n) is 19.3. The number of amides is 1. The van der Waals surface area contributed by atoms with Gasteiger partial charge in [0.15, 0.2) is 0 Å². The summed E-state index contributed by atoms with van der Waals surface area (Å²) in [6.07, 6.45) is -4.67. The van der Waals surface area contributed by atoms with Gasteiger partial charge >= 0.3 is 6.18 Å². The van der Waals surface area contributed by atoms with Crippen LogP contribution in [0.5, 0.6) is 0 Å². The number of aryl methyl sites for hydroxylation is 1. The molecule has 0 aliphatic rings. The van der Waals surface area contributed by atoms with Crippen LogP contribution < -0.4 is 9.62 Å². The van der Waals surface area contributed by atoms with E-state index in [1.807, 2.05) is 18.2 Å². The van der Waals surface area contributed by atoms with E-state index in [2.05, 4.69) is 5.32 Å². The molecule has 0 saturated carbocycles. The maximum atomic E-state index is 13.4. The van der Waals surface area contributed by atoms with E-state index in [0.717, 1.165) is 29.3 Å². The minimum absolute atomic E-state index is 0.131. The van der Waals surface area contributed by atoms with E-state index >= 15 is 0 Å². The second-order valence-electron chi connectivity index (χ2n) is 7.87. The van der Waals surface area contributed by atoms with Crippen LogP contribution in [0, 0.1) is 6.92 Å². The number of sulfonamides is 1. The Morgan fingerprint density at radius 3 is 2.39 bits per heavy atom. The lowest BCUT2D eigenvalue weighted by atomic mass is 10.2. The van der Waals surface area contributed by atoms with E-state index in [0.29, 0.717) is 20.8 Å². The molecule has 0 unspecified atom stereocenters. The van der Waals surface area contributed by atoms with Gasteiger partial charge in [-0.3, -0.25) is 9.10 Å². The highest BCUT2D eigenvalue weighted by molar-refractivity contribution is 7.98. The van der Waals surface area contributed by atoms with Gasteiger partial charge in [-0.05, 0) is 48.9 Å². The highest BCUT2D eigenvalue weighted by Crippen LogP contribution is 2.33. The van der Waals surface area contributed by atoms with Crippen LogP contribution >= 0.6 is 23.4 Å². The van der Waals surface area contributed by atoms with E-state index in [9.17, 15) is 26.4 Å². The third kappa shape index (κ3) is 7.41. The molecule has 0 aliphatic heterocycles. The summed E-state index contributed by atoms with van der Waals surface area (Å²) in [5.74, 6) is 0.528. The number of anilines is 1. The SMILES string of the molecule is Cc1ccc(S(=O)(=O)N(CC(=O)NCCSCc2ccccc2Cl)c2cccc(C(F)(F)F)c2)cc1. The number of nitrogens with one attached hydrogen (secondary N) is 1. The molecule has 5 nitrogen and oxygen atoms in total. The van der Waals surface area contributed by atoms with Crippen LogP contribution in [0.1, 0.15) is 16.7 Å². The number of nitrogens with zero attached hydrogens (tertiary/aromatic N) is 1. The van der Waals surface area contributed by atoms with Gasteiger partial charge in [-0.25, -0.2) is 8.42 Å². The van der Waals surface area contributed by atoms with Crippen LogP contribution in [0.2, 0.25) is 5.02 Å². The third-order valence-corrected chi connectivity index (χ3v) is 8.31. The highest BCUT2D eigenvalue weighted by atomic mass is 35.5. The van der Waals surface area contributed by atoms with E-state index in [1.165, 1.54) is 30.0 Å². The van der Waals surface area contributed by atoms with E-state index in [-0.39, 0.29) is 17.1 Å². The van der Waals surface area contributed by atoms with Crippen molar-refractivity contribution < 1.29 is 26.4 Å². The Labute approximate surface area is 217 Å². The van der Waals surface area contributed by atoms with E-state index < -0.39 is 34.2 Å². The fourth-order valence-electron chi connectivity index (χ4n) is 3.24. The first-order chi connectivity index (χ1) is 17.0. The van der Waals surface area contributed by atoms with Gasteiger partial charge in [-0.15, -0.1) is 0 Å². The Kier molecular flexibility index (Phi) is 9.32. The number of carbonyl (C=O) groups is 1. The van der Waals surface area contributed by atoms with Gasteiger partial charge in [-0.1, -0.05) is 53.6 Å². The number of thioether (sulfide) groups is 1. The summed E-state index contributed by atoms with van der Waals surface area (Å²) in [4.78, 5) is 12.5. The van der Waals surface area contributed by atoms with Gasteiger partial charge < -0.3 is 5.32 Å². The zero-order valence-corrected chi connectivity index (χ0v) is 21.6. The standard InChI is InChI=1S/C25H24ClF3N2O3S2/c1-18-9-11-22(12-10-18)36(33,34)31(21-7-4-6-20(15-21)25(27,28)29)16-24(32)30-13-14-35-17-19-5-2-3-8-23(19)26/h2-12,15H,13-14,16-17H2,1H3,(H,30,32). The van der Waals surface area contributed by atoms with Gasteiger partial charge in [0.05, 0.1) is 16.1 Å². The summed E-state index contributed by atoms with van der Waals surface area (Å²) < 4.78 is 67.3. The summed E-state index contributed by atoms with van der Waals surface area (Å²) in [6.45, 7) is 1.35. The maximum Gasteiger partial charge on any atom is 0.416 e. The number of carbonyl (C=O) groups excluding carboxylic acids is 1. The molecule has 0 atom stereocenters.